The number of aromatic nitrogens is 4. The molecule has 8 nitrogen and oxygen atoms in total. The van der Waals surface area contributed by atoms with Gasteiger partial charge in [-0.05, 0) is 19.8 Å². The van der Waals surface area contributed by atoms with Gasteiger partial charge in [-0.15, -0.1) is 0 Å². The Hall–Kier alpha value is -2.22. The van der Waals surface area contributed by atoms with Gasteiger partial charge >= 0.3 is 0 Å². The van der Waals surface area contributed by atoms with Gasteiger partial charge in [-0.1, -0.05) is 12.8 Å². The van der Waals surface area contributed by atoms with Crippen LogP contribution in [0.25, 0.3) is 11.0 Å². The first-order chi connectivity index (χ1) is 12.0. The van der Waals surface area contributed by atoms with E-state index in [1.165, 1.54) is 0 Å². The normalized spacial score (nSPS) is 20.4. The second-order valence-electron chi connectivity index (χ2n) is 7.24. The van der Waals surface area contributed by atoms with E-state index in [9.17, 15) is 4.79 Å². The van der Waals surface area contributed by atoms with Crippen molar-refractivity contribution in [1.29, 1.82) is 0 Å². The van der Waals surface area contributed by atoms with Crippen molar-refractivity contribution in [2.45, 2.75) is 38.1 Å². The fourth-order valence-electron chi connectivity index (χ4n) is 4.01. The Morgan fingerprint density at radius 1 is 1.16 bits per heavy atom. The molecular weight excluding hydrogens is 318 g/mol. The molecule has 0 atom stereocenters. The third-order valence-corrected chi connectivity index (χ3v) is 5.47. The van der Waals surface area contributed by atoms with Crippen molar-refractivity contribution in [2.24, 2.45) is 12.8 Å². The lowest BCUT2D eigenvalue weighted by atomic mass is 9.97. The van der Waals surface area contributed by atoms with E-state index < -0.39 is 5.54 Å². The monoisotopic (exact) mass is 343 g/mol. The molecule has 0 spiro atoms. The molecule has 1 aliphatic heterocycles. The number of amides is 1. The van der Waals surface area contributed by atoms with E-state index in [2.05, 4.69) is 20.0 Å². The molecule has 0 unspecified atom stereocenters. The first kappa shape index (κ1) is 16.3. The maximum Gasteiger partial charge on any atom is 0.242 e. The van der Waals surface area contributed by atoms with E-state index in [1.54, 1.807) is 4.68 Å². The highest BCUT2D eigenvalue weighted by Gasteiger charge is 2.40. The molecule has 3 heterocycles. The first-order valence-corrected chi connectivity index (χ1v) is 8.97. The molecule has 4 rings (SSSR count). The van der Waals surface area contributed by atoms with Gasteiger partial charge in [0, 0.05) is 33.2 Å². The Balaban J connectivity index is 1.52. The molecule has 2 aromatic rings. The van der Waals surface area contributed by atoms with Gasteiger partial charge < -0.3 is 15.5 Å². The number of carbonyl (C=O) groups excluding carboxylic acids is 1. The summed E-state index contributed by atoms with van der Waals surface area (Å²) in [6.07, 6.45) is 5.55. The van der Waals surface area contributed by atoms with Crippen LogP contribution in [0, 0.1) is 6.92 Å². The van der Waals surface area contributed by atoms with Gasteiger partial charge in [0.05, 0.1) is 17.1 Å². The molecular formula is C17H25N7O. The molecule has 2 aromatic heterocycles. The van der Waals surface area contributed by atoms with Gasteiger partial charge in [0.2, 0.25) is 5.91 Å². The molecule has 2 N–H and O–H groups in total. The summed E-state index contributed by atoms with van der Waals surface area (Å²) in [5.74, 6) is 1.76. The first-order valence-electron chi connectivity index (χ1n) is 8.97. The summed E-state index contributed by atoms with van der Waals surface area (Å²) < 4.78 is 1.77. The number of piperazine rings is 1. The van der Waals surface area contributed by atoms with Crippen LogP contribution in [0.2, 0.25) is 0 Å². The molecule has 134 valence electrons. The Labute approximate surface area is 147 Å². The van der Waals surface area contributed by atoms with E-state index in [0.717, 1.165) is 61.4 Å². The minimum absolute atomic E-state index is 0.120. The summed E-state index contributed by atoms with van der Waals surface area (Å²) in [4.78, 5) is 26.0. The van der Waals surface area contributed by atoms with Gasteiger partial charge in [0.25, 0.3) is 0 Å². The van der Waals surface area contributed by atoms with E-state index >= 15 is 0 Å². The molecule has 0 bridgehead atoms. The number of nitrogens with two attached hydrogens (primary N) is 1. The van der Waals surface area contributed by atoms with Gasteiger partial charge in [-0.3, -0.25) is 9.48 Å². The number of anilines is 1. The number of hydrogen-bond donors (Lipinski definition) is 1. The molecule has 8 heteroatoms. The molecule has 1 saturated heterocycles. The van der Waals surface area contributed by atoms with Gasteiger partial charge in [0.1, 0.15) is 11.6 Å². The van der Waals surface area contributed by atoms with Crippen molar-refractivity contribution in [2.75, 3.05) is 31.1 Å². The highest BCUT2D eigenvalue weighted by atomic mass is 16.2. The zero-order valence-corrected chi connectivity index (χ0v) is 14.9. The van der Waals surface area contributed by atoms with E-state index in [4.69, 9.17) is 5.73 Å². The topological polar surface area (TPSA) is 93.2 Å². The Bertz CT molecular complexity index is 801. The van der Waals surface area contributed by atoms with Crippen LogP contribution in [-0.4, -0.2) is 62.3 Å². The molecule has 25 heavy (non-hydrogen) atoms. The second kappa shape index (κ2) is 5.94. The number of hydrogen-bond acceptors (Lipinski definition) is 6. The fraction of sp³-hybridized carbons (Fsp3) is 0.647. The second-order valence-corrected chi connectivity index (χ2v) is 7.24. The highest BCUT2D eigenvalue weighted by Crippen LogP contribution is 2.30. The van der Waals surface area contributed by atoms with Crippen LogP contribution in [0.5, 0.6) is 0 Å². The number of fused-ring (bicyclic) bond motifs is 1. The average molecular weight is 343 g/mol. The fourth-order valence-corrected chi connectivity index (χ4v) is 4.01. The van der Waals surface area contributed by atoms with Crippen LogP contribution in [0.4, 0.5) is 5.82 Å². The lowest BCUT2D eigenvalue weighted by Crippen LogP contribution is -2.58. The third-order valence-electron chi connectivity index (χ3n) is 5.47. The van der Waals surface area contributed by atoms with Crippen molar-refractivity contribution in [3.05, 3.63) is 12.0 Å². The molecule has 0 radical (unpaired) electrons. The molecule has 1 amide bonds. The molecule has 1 saturated carbocycles. The Morgan fingerprint density at radius 3 is 2.52 bits per heavy atom. The van der Waals surface area contributed by atoms with Crippen molar-refractivity contribution in [3.63, 3.8) is 0 Å². The summed E-state index contributed by atoms with van der Waals surface area (Å²) in [7, 11) is 1.89. The quantitative estimate of drug-likeness (QED) is 0.858. The van der Waals surface area contributed by atoms with Gasteiger partial charge in [0.15, 0.2) is 5.65 Å². The van der Waals surface area contributed by atoms with Crippen molar-refractivity contribution < 1.29 is 4.79 Å². The predicted molar refractivity (Wildman–Crippen MR) is 95.2 cm³/mol. The summed E-state index contributed by atoms with van der Waals surface area (Å²) in [6.45, 7) is 4.77. The van der Waals surface area contributed by atoms with Crippen LogP contribution >= 0.6 is 0 Å². The van der Waals surface area contributed by atoms with Crippen LogP contribution in [0.15, 0.2) is 6.20 Å². The van der Waals surface area contributed by atoms with Crippen molar-refractivity contribution in [3.8, 4) is 0 Å². The van der Waals surface area contributed by atoms with Crippen molar-refractivity contribution in [1.82, 2.24) is 24.6 Å². The van der Waals surface area contributed by atoms with E-state index in [0.29, 0.717) is 13.1 Å². The smallest absolute Gasteiger partial charge is 0.242 e. The third kappa shape index (κ3) is 2.74. The average Bonchev–Trinajstić information content (AvgIpc) is 3.21. The summed E-state index contributed by atoms with van der Waals surface area (Å²) in [5, 5.41) is 5.26. The van der Waals surface area contributed by atoms with Gasteiger partial charge in [-0.2, -0.15) is 5.10 Å². The zero-order valence-electron chi connectivity index (χ0n) is 14.9. The van der Waals surface area contributed by atoms with Crippen LogP contribution in [0.3, 0.4) is 0 Å². The van der Waals surface area contributed by atoms with Crippen LogP contribution in [-0.2, 0) is 11.8 Å². The molecule has 2 aliphatic rings. The Kier molecular flexibility index (Phi) is 3.87. The maximum absolute atomic E-state index is 12.8. The van der Waals surface area contributed by atoms with Crippen LogP contribution in [0.1, 0.15) is 31.5 Å². The highest BCUT2D eigenvalue weighted by molar-refractivity contribution is 5.88. The Morgan fingerprint density at radius 2 is 1.84 bits per heavy atom. The standard InChI is InChI=1S/C17H25N7O/c1-12-20-14-13(11-19-22(14)2)15(21-12)23-7-9-24(10-8-23)16(25)17(18)5-3-4-6-17/h11H,3-10,18H2,1-2H3. The number of nitrogens with zero attached hydrogens (tertiary/aromatic N) is 6. The largest absolute Gasteiger partial charge is 0.352 e. The zero-order chi connectivity index (χ0) is 17.6. The number of aryl methyl sites for hydroxylation is 2. The summed E-state index contributed by atoms with van der Waals surface area (Å²) in [6, 6.07) is 0. The summed E-state index contributed by atoms with van der Waals surface area (Å²) >= 11 is 0. The predicted octanol–water partition coefficient (Wildman–Crippen LogP) is 0.592. The van der Waals surface area contributed by atoms with Crippen LogP contribution < -0.4 is 10.6 Å². The SMILES string of the molecule is Cc1nc(N2CCN(C(=O)C3(N)CCCC3)CC2)c2cnn(C)c2n1. The number of rotatable bonds is 2. The minimum atomic E-state index is -0.635. The maximum atomic E-state index is 12.8. The van der Waals surface area contributed by atoms with E-state index in [1.807, 2.05) is 25.1 Å². The molecule has 0 aromatic carbocycles. The van der Waals surface area contributed by atoms with Crippen molar-refractivity contribution >= 4 is 22.8 Å². The summed E-state index contributed by atoms with van der Waals surface area (Å²) in [5.41, 5.74) is 6.55. The van der Waals surface area contributed by atoms with E-state index in [-0.39, 0.29) is 5.91 Å². The minimum Gasteiger partial charge on any atom is -0.352 e. The molecule has 2 fully saturated rings. The lowest BCUT2D eigenvalue weighted by Gasteiger charge is -2.39. The number of carbonyl (C=O) groups is 1. The molecule has 1 aliphatic carbocycles. The van der Waals surface area contributed by atoms with Gasteiger partial charge in [-0.25, -0.2) is 9.97 Å². The lowest BCUT2D eigenvalue weighted by molar-refractivity contribution is -0.137.